The quantitative estimate of drug-likeness (QED) is 0.639. The van der Waals surface area contributed by atoms with Gasteiger partial charge in [-0.2, -0.15) is 0 Å². The molecule has 0 saturated carbocycles. The lowest BCUT2D eigenvalue weighted by Gasteiger charge is -2.24. The number of rotatable bonds is 6. The average Bonchev–Trinajstić information content (AvgIpc) is 2.61. The van der Waals surface area contributed by atoms with Gasteiger partial charge in [0.2, 0.25) is 0 Å². The smallest absolute Gasteiger partial charge is 0.164 e. The summed E-state index contributed by atoms with van der Waals surface area (Å²) >= 11 is 0. The molecule has 0 amide bonds. The maximum Gasteiger partial charge on any atom is 0.164 e. The molecule has 0 aromatic rings. The molecule has 2 N–H and O–H groups in total. The van der Waals surface area contributed by atoms with Crippen LogP contribution in [0.3, 0.4) is 0 Å². The van der Waals surface area contributed by atoms with Gasteiger partial charge in [-0.05, 0) is 13.8 Å². The van der Waals surface area contributed by atoms with Gasteiger partial charge in [-0.3, -0.25) is 0 Å². The van der Waals surface area contributed by atoms with E-state index in [1.807, 2.05) is 0 Å². The van der Waals surface area contributed by atoms with Crippen molar-refractivity contribution < 1.29 is 29.2 Å². The number of hydrogen-bond acceptors (Lipinski definition) is 6. The van der Waals surface area contributed by atoms with Crippen LogP contribution >= 0.6 is 0 Å². The molecule has 1 fully saturated rings. The Hall–Kier alpha value is -0.240. The minimum atomic E-state index is -0.821. The highest BCUT2D eigenvalue weighted by Gasteiger charge is 2.44. The minimum Gasteiger partial charge on any atom is -0.394 e. The van der Waals surface area contributed by atoms with Crippen molar-refractivity contribution in [3.05, 3.63) is 0 Å². The number of aliphatic hydroxyl groups excluding tert-OH is 2. The summed E-state index contributed by atoms with van der Waals surface area (Å²) in [7, 11) is 3.00. The van der Waals surface area contributed by atoms with Crippen LogP contribution in [-0.4, -0.2) is 61.4 Å². The van der Waals surface area contributed by atoms with Gasteiger partial charge < -0.3 is 29.2 Å². The molecule has 0 bridgehead atoms. The summed E-state index contributed by atoms with van der Waals surface area (Å²) in [6.07, 6.45) is -2.18. The van der Waals surface area contributed by atoms with E-state index < -0.39 is 30.4 Å². The van der Waals surface area contributed by atoms with Crippen LogP contribution in [0.5, 0.6) is 0 Å². The molecule has 1 aliphatic heterocycles. The molecular weight excluding hydrogens is 228 g/mol. The second-order valence-electron chi connectivity index (χ2n) is 4.53. The second-order valence-corrected chi connectivity index (χ2v) is 4.53. The van der Waals surface area contributed by atoms with Crippen molar-refractivity contribution >= 4 is 0 Å². The number of aliphatic hydroxyl groups is 2. The van der Waals surface area contributed by atoms with Gasteiger partial charge in [-0.15, -0.1) is 0 Å². The molecule has 1 saturated heterocycles. The van der Waals surface area contributed by atoms with Gasteiger partial charge >= 0.3 is 0 Å². The predicted octanol–water partition coefficient (Wildman–Crippen LogP) is -0.131. The molecule has 0 spiro atoms. The lowest BCUT2D eigenvalue weighted by atomic mass is 10.1. The molecule has 3 atom stereocenters. The third-order valence-electron chi connectivity index (χ3n) is 2.74. The zero-order valence-electron chi connectivity index (χ0n) is 10.8. The Balaban J connectivity index is 2.58. The molecule has 0 aromatic carbocycles. The SMILES string of the molecule is COC(C[C@@H](O)[C@@H]1OC(C)(C)O[C@@H]1CO)OC. The van der Waals surface area contributed by atoms with Gasteiger partial charge in [0.25, 0.3) is 0 Å². The maximum atomic E-state index is 10.0. The molecule has 0 aromatic heterocycles. The zero-order chi connectivity index (χ0) is 13.1. The van der Waals surface area contributed by atoms with Crippen LogP contribution in [0.15, 0.2) is 0 Å². The highest BCUT2D eigenvalue weighted by molar-refractivity contribution is 4.86. The Bertz CT molecular complexity index is 228. The molecule has 1 heterocycles. The molecule has 0 unspecified atom stereocenters. The van der Waals surface area contributed by atoms with E-state index in [1.54, 1.807) is 13.8 Å². The van der Waals surface area contributed by atoms with E-state index >= 15 is 0 Å². The first-order valence-electron chi connectivity index (χ1n) is 5.63. The molecule has 102 valence electrons. The molecule has 0 aliphatic carbocycles. The molecule has 17 heavy (non-hydrogen) atoms. The van der Waals surface area contributed by atoms with E-state index in [4.69, 9.17) is 18.9 Å². The normalized spacial score (nSPS) is 29.8. The van der Waals surface area contributed by atoms with Crippen LogP contribution in [0.25, 0.3) is 0 Å². The van der Waals surface area contributed by atoms with Crippen LogP contribution in [0.1, 0.15) is 20.3 Å². The molecule has 1 aliphatic rings. The molecule has 1 rings (SSSR count). The molecule has 0 radical (unpaired) electrons. The van der Waals surface area contributed by atoms with Crippen molar-refractivity contribution in [3.63, 3.8) is 0 Å². The fourth-order valence-corrected chi connectivity index (χ4v) is 1.95. The summed E-state index contributed by atoms with van der Waals surface area (Å²) in [5.74, 6) is -0.797. The second kappa shape index (κ2) is 6.08. The van der Waals surface area contributed by atoms with Crippen molar-refractivity contribution in [1.82, 2.24) is 0 Å². The standard InChI is InChI=1S/C11H22O6/c1-11(2)16-8(6-12)10(17-11)7(13)5-9(14-3)15-4/h7-10,12-13H,5-6H2,1-4H3/t7-,8-,10+/m1/s1. The van der Waals surface area contributed by atoms with Crippen LogP contribution in [-0.2, 0) is 18.9 Å². The number of ether oxygens (including phenoxy) is 4. The van der Waals surface area contributed by atoms with Gasteiger partial charge in [-0.1, -0.05) is 0 Å². The summed E-state index contributed by atoms with van der Waals surface area (Å²) in [5, 5.41) is 19.2. The van der Waals surface area contributed by atoms with Gasteiger partial charge in [0.1, 0.15) is 12.2 Å². The highest BCUT2D eigenvalue weighted by Crippen LogP contribution is 2.31. The van der Waals surface area contributed by atoms with Gasteiger partial charge in [0.15, 0.2) is 12.1 Å². The predicted molar refractivity (Wildman–Crippen MR) is 59.3 cm³/mol. The average molecular weight is 250 g/mol. The van der Waals surface area contributed by atoms with E-state index in [1.165, 1.54) is 14.2 Å². The monoisotopic (exact) mass is 250 g/mol. The van der Waals surface area contributed by atoms with E-state index in [2.05, 4.69) is 0 Å². The summed E-state index contributed by atoms with van der Waals surface area (Å²) in [6.45, 7) is 3.29. The first kappa shape index (κ1) is 14.8. The first-order valence-corrected chi connectivity index (χ1v) is 5.63. The number of hydrogen-bond donors (Lipinski definition) is 2. The first-order chi connectivity index (χ1) is 7.93. The van der Waals surface area contributed by atoms with E-state index in [0.29, 0.717) is 0 Å². The van der Waals surface area contributed by atoms with Crippen LogP contribution in [0, 0.1) is 0 Å². The Kier molecular flexibility index (Phi) is 5.30. The Labute approximate surface area is 101 Å². The van der Waals surface area contributed by atoms with E-state index in [9.17, 15) is 10.2 Å². The van der Waals surface area contributed by atoms with Crippen molar-refractivity contribution in [2.24, 2.45) is 0 Å². The fraction of sp³-hybridized carbons (Fsp3) is 1.00. The van der Waals surface area contributed by atoms with Crippen molar-refractivity contribution in [2.45, 2.75) is 50.7 Å². The molecule has 6 heteroatoms. The third-order valence-corrected chi connectivity index (χ3v) is 2.74. The Morgan fingerprint density at radius 3 is 2.29 bits per heavy atom. The zero-order valence-corrected chi connectivity index (χ0v) is 10.8. The largest absolute Gasteiger partial charge is 0.394 e. The van der Waals surface area contributed by atoms with Crippen LogP contribution in [0.4, 0.5) is 0 Å². The van der Waals surface area contributed by atoms with Gasteiger partial charge in [-0.25, -0.2) is 0 Å². The summed E-state index contributed by atoms with van der Waals surface area (Å²) in [6, 6.07) is 0. The minimum absolute atomic E-state index is 0.199. The van der Waals surface area contributed by atoms with E-state index in [0.717, 1.165) is 0 Å². The lowest BCUT2D eigenvalue weighted by molar-refractivity contribution is -0.168. The fourth-order valence-electron chi connectivity index (χ4n) is 1.95. The number of methoxy groups -OCH3 is 2. The van der Waals surface area contributed by atoms with Crippen molar-refractivity contribution in [1.29, 1.82) is 0 Å². The Morgan fingerprint density at radius 2 is 1.82 bits per heavy atom. The van der Waals surface area contributed by atoms with Gasteiger partial charge in [0.05, 0.1) is 12.7 Å². The van der Waals surface area contributed by atoms with E-state index in [-0.39, 0.29) is 13.0 Å². The molecular formula is C11H22O6. The van der Waals surface area contributed by atoms with Crippen molar-refractivity contribution in [2.75, 3.05) is 20.8 Å². The summed E-state index contributed by atoms with van der Waals surface area (Å²) in [4.78, 5) is 0. The summed E-state index contributed by atoms with van der Waals surface area (Å²) in [5.41, 5.74) is 0. The molecule has 6 nitrogen and oxygen atoms in total. The lowest BCUT2D eigenvalue weighted by Crippen LogP contribution is -2.39. The van der Waals surface area contributed by atoms with Gasteiger partial charge in [0, 0.05) is 20.6 Å². The topological polar surface area (TPSA) is 77.4 Å². The Morgan fingerprint density at radius 1 is 1.24 bits per heavy atom. The third kappa shape index (κ3) is 3.87. The van der Waals surface area contributed by atoms with Crippen LogP contribution in [0.2, 0.25) is 0 Å². The van der Waals surface area contributed by atoms with Crippen molar-refractivity contribution in [3.8, 4) is 0 Å². The highest BCUT2D eigenvalue weighted by atomic mass is 16.8. The maximum absolute atomic E-state index is 10.0. The summed E-state index contributed by atoms with van der Waals surface area (Å²) < 4.78 is 21.0. The van der Waals surface area contributed by atoms with Crippen LogP contribution < -0.4 is 0 Å².